The maximum absolute atomic E-state index is 11.7. The SMILES string of the molecule is C[C@@H](CNC(=O)NCc1ccnn1C)Oc1ccc(Cl)cc1. The summed E-state index contributed by atoms with van der Waals surface area (Å²) in [6.45, 7) is 2.71. The summed E-state index contributed by atoms with van der Waals surface area (Å²) in [4.78, 5) is 11.7. The van der Waals surface area contributed by atoms with Gasteiger partial charge in [-0.2, -0.15) is 5.10 Å². The molecule has 0 aliphatic rings. The zero-order chi connectivity index (χ0) is 15.9. The van der Waals surface area contributed by atoms with Crippen LogP contribution in [0.15, 0.2) is 36.5 Å². The van der Waals surface area contributed by atoms with E-state index >= 15 is 0 Å². The molecule has 0 aliphatic heterocycles. The van der Waals surface area contributed by atoms with Crippen molar-refractivity contribution in [2.75, 3.05) is 6.54 Å². The summed E-state index contributed by atoms with van der Waals surface area (Å²) < 4.78 is 7.39. The van der Waals surface area contributed by atoms with Crippen molar-refractivity contribution in [3.05, 3.63) is 47.2 Å². The minimum Gasteiger partial charge on any atom is -0.489 e. The molecule has 0 saturated heterocycles. The fourth-order valence-electron chi connectivity index (χ4n) is 1.83. The lowest BCUT2D eigenvalue weighted by Crippen LogP contribution is -2.40. The van der Waals surface area contributed by atoms with Crippen molar-refractivity contribution in [3.8, 4) is 5.75 Å². The minimum absolute atomic E-state index is 0.149. The Morgan fingerprint density at radius 2 is 2.05 bits per heavy atom. The molecular formula is C15H19ClN4O2. The maximum Gasteiger partial charge on any atom is 0.315 e. The van der Waals surface area contributed by atoms with Crippen molar-refractivity contribution < 1.29 is 9.53 Å². The Hall–Kier alpha value is -2.21. The molecule has 6 nitrogen and oxygen atoms in total. The van der Waals surface area contributed by atoms with Gasteiger partial charge in [-0.3, -0.25) is 4.68 Å². The van der Waals surface area contributed by atoms with Crippen LogP contribution >= 0.6 is 11.6 Å². The lowest BCUT2D eigenvalue weighted by atomic mass is 10.3. The molecule has 7 heteroatoms. The van der Waals surface area contributed by atoms with Gasteiger partial charge in [0.1, 0.15) is 11.9 Å². The van der Waals surface area contributed by atoms with E-state index < -0.39 is 0 Å². The molecular weight excluding hydrogens is 304 g/mol. The molecule has 0 spiro atoms. The number of ether oxygens (including phenoxy) is 1. The van der Waals surface area contributed by atoms with Crippen molar-refractivity contribution in [1.82, 2.24) is 20.4 Å². The minimum atomic E-state index is -0.243. The number of hydrogen-bond donors (Lipinski definition) is 2. The van der Waals surface area contributed by atoms with Gasteiger partial charge in [0.25, 0.3) is 0 Å². The Balaban J connectivity index is 1.69. The lowest BCUT2D eigenvalue weighted by Gasteiger charge is -2.16. The molecule has 2 N–H and O–H groups in total. The van der Waals surface area contributed by atoms with Gasteiger partial charge in [-0.05, 0) is 37.3 Å². The predicted molar refractivity (Wildman–Crippen MR) is 85.0 cm³/mol. The van der Waals surface area contributed by atoms with Crippen LogP contribution in [-0.4, -0.2) is 28.5 Å². The van der Waals surface area contributed by atoms with Crippen LogP contribution in [0.3, 0.4) is 0 Å². The highest BCUT2D eigenvalue weighted by Crippen LogP contribution is 2.16. The van der Waals surface area contributed by atoms with E-state index in [1.165, 1.54) is 0 Å². The summed E-state index contributed by atoms with van der Waals surface area (Å²) in [6.07, 6.45) is 1.54. The number of amides is 2. The van der Waals surface area contributed by atoms with E-state index in [4.69, 9.17) is 16.3 Å². The van der Waals surface area contributed by atoms with Gasteiger partial charge in [0, 0.05) is 18.3 Å². The number of rotatable bonds is 6. The zero-order valence-corrected chi connectivity index (χ0v) is 13.3. The second-order valence-corrected chi connectivity index (χ2v) is 5.33. The van der Waals surface area contributed by atoms with E-state index in [2.05, 4.69) is 15.7 Å². The fourth-order valence-corrected chi connectivity index (χ4v) is 1.96. The predicted octanol–water partition coefficient (Wildman–Crippen LogP) is 2.34. The van der Waals surface area contributed by atoms with Crippen molar-refractivity contribution in [2.24, 2.45) is 7.05 Å². The highest BCUT2D eigenvalue weighted by molar-refractivity contribution is 6.30. The van der Waals surface area contributed by atoms with Gasteiger partial charge in [0.2, 0.25) is 0 Å². The van der Waals surface area contributed by atoms with E-state index in [-0.39, 0.29) is 12.1 Å². The van der Waals surface area contributed by atoms with Crippen molar-refractivity contribution >= 4 is 17.6 Å². The number of carbonyl (C=O) groups excluding carboxylic acids is 1. The van der Waals surface area contributed by atoms with E-state index in [1.54, 1.807) is 35.1 Å². The highest BCUT2D eigenvalue weighted by Gasteiger charge is 2.07. The highest BCUT2D eigenvalue weighted by atomic mass is 35.5. The quantitative estimate of drug-likeness (QED) is 0.857. The number of nitrogens with one attached hydrogen (secondary N) is 2. The van der Waals surface area contributed by atoms with Gasteiger partial charge >= 0.3 is 6.03 Å². The normalized spacial score (nSPS) is 11.8. The Labute approximate surface area is 134 Å². The average Bonchev–Trinajstić information content (AvgIpc) is 2.91. The number of benzene rings is 1. The Kier molecular flexibility index (Phi) is 5.66. The van der Waals surface area contributed by atoms with Crippen LogP contribution in [0.2, 0.25) is 5.02 Å². The summed E-state index contributed by atoms with van der Waals surface area (Å²) in [7, 11) is 1.83. The molecule has 0 saturated carbocycles. The number of hydrogen-bond acceptors (Lipinski definition) is 3. The van der Waals surface area contributed by atoms with E-state index in [9.17, 15) is 4.79 Å². The first-order valence-corrected chi connectivity index (χ1v) is 7.33. The van der Waals surface area contributed by atoms with Crippen LogP contribution in [0.4, 0.5) is 4.79 Å². The average molecular weight is 323 g/mol. The molecule has 1 atom stereocenters. The van der Waals surface area contributed by atoms with Crippen LogP contribution in [0.25, 0.3) is 0 Å². The van der Waals surface area contributed by atoms with Crippen LogP contribution in [-0.2, 0) is 13.6 Å². The maximum atomic E-state index is 11.7. The third kappa shape index (κ3) is 4.96. The van der Waals surface area contributed by atoms with Crippen molar-refractivity contribution in [1.29, 1.82) is 0 Å². The van der Waals surface area contributed by atoms with E-state index in [0.29, 0.717) is 23.9 Å². The number of aromatic nitrogens is 2. The second-order valence-electron chi connectivity index (χ2n) is 4.89. The monoisotopic (exact) mass is 322 g/mol. The standard InChI is InChI=1S/C15H19ClN4O2/c1-11(22-14-5-3-12(16)4-6-14)9-17-15(21)18-10-13-7-8-19-20(13)2/h3-8,11H,9-10H2,1-2H3,(H2,17,18,21)/t11-/m0/s1. The number of aryl methyl sites for hydroxylation is 1. The molecule has 0 fully saturated rings. The zero-order valence-electron chi connectivity index (χ0n) is 12.5. The van der Waals surface area contributed by atoms with Gasteiger partial charge in [0.15, 0.2) is 0 Å². The van der Waals surface area contributed by atoms with Gasteiger partial charge in [0.05, 0.1) is 18.8 Å². The first-order chi connectivity index (χ1) is 10.5. The molecule has 22 heavy (non-hydrogen) atoms. The molecule has 1 aromatic heterocycles. The molecule has 2 amide bonds. The summed E-state index contributed by atoms with van der Waals surface area (Å²) in [5, 5.41) is 10.2. The smallest absolute Gasteiger partial charge is 0.315 e. The third-order valence-electron chi connectivity index (χ3n) is 3.05. The van der Waals surface area contributed by atoms with Crippen LogP contribution in [0.1, 0.15) is 12.6 Å². The van der Waals surface area contributed by atoms with E-state index in [1.807, 2.05) is 20.0 Å². The van der Waals surface area contributed by atoms with Gasteiger partial charge < -0.3 is 15.4 Å². The van der Waals surface area contributed by atoms with Gasteiger partial charge in [-0.25, -0.2) is 4.79 Å². The largest absolute Gasteiger partial charge is 0.489 e. The van der Waals surface area contributed by atoms with Gasteiger partial charge in [-0.1, -0.05) is 11.6 Å². The summed E-state index contributed by atoms with van der Waals surface area (Å²) in [5.41, 5.74) is 0.931. The second kappa shape index (κ2) is 7.70. The molecule has 2 rings (SSSR count). The topological polar surface area (TPSA) is 68.2 Å². The number of urea groups is 1. The molecule has 1 aromatic carbocycles. The van der Waals surface area contributed by atoms with Crippen LogP contribution < -0.4 is 15.4 Å². The Morgan fingerprint density at radius 1 is 1.32 bits per heavy atom. The van der Waals surface area contributed by atoms with Gasteiger partial charge in [-0.15, -0.1) is 0 Å². The van der Waals surface area contributed by atoms with Crippen LogP contribution in [0.5, 0.6) is 5.75 Å². The first-order valence-electron chi connectivity index (χ1n) is 6.95. The molecule has 2 aromatic rings. The lowest BCUT2D eigenvalue weighted by molar-refractivity contribution is 0.207. The Bertz CT molecular complexity index is 612. The van der Waals surface area contributed by atoms with E-state index in [0.717, 1.165) is 5.69 Å². The van der Waals surface area contributed by atoms with Crippen molar-refractivity contribution in [3.63, 3.8) is 0 Å². The molecule has 0 radical (unpaired) electrons. The number of nitrogens with zero attached hydrogens (tertiary/aromatic N) is 2. The number of carbonyl (C=O) groups is 1. The van der Waals surface area contributed by atoms with Crippen molar-refractivity contribution in [2.45, 2.75) is 19.6 Å². The number of halogens is 1. The third-order valence-corrected chi connectivity index (χ3v) is 3.31. The first kappa shape index (κ1) is 16.2. The molecule has 1 heterocycles. The summed E-state index contributed by atoms with van der Waals surface area (Å²) >= 11 is 5.81. The Morgan fingerprint density at radius 3 is 2.68 bits per heavy atom. The molecule has 118 valence electrons. The molecule has 0 aliphatic carbocycles. The summed E-state index contributed by atoms with van der Waals surface area (Å²) in [6, 6.07) is 8.72. The molecule has 0 unspecified atom stereocenters. The fraction of sp³-hybridized carbons (Fsp3) is 0.333. The summed E-state index contributed by atoms with van der Waals surface area (Å²) in [5.74, 6) is 0.717. The van der Waals surface area contributed by atoms with Crippen LogP contribution in [0, 0.1) is 0 Å². The molecule has 0 bridgehead atoms.